The van der Waals surface area contributed by atoms with E-state index in [1.165, 1.54) is 37.8 Å². The lowest BCUT2D eigenvalue weighted by atomic mass is 9.93. The zero-order chi connectivity index (χ0) is 23.5. The maximum atomic E-state index is 13.1. The Morgan fingerprint density at radius 1 is 0.971 bits per heavy atom. The number of nitrogens with zero attached hydrogens (tertiary/aromatic N) is 4. The van der Waals surface area contributed by atoms with E-state index in [1.54, 1.807) is 0 Å². The molecule has 186 valence electrons. The summed E-state index contributed by atoms with van der Waals surface area (Å²) in [7, 11) is 2.18. The molecule has 3 heterocycles. The third kappa shape index (κ3) is 4.96. The van der Waals surface area contributed by atoms with E-state index in [0.29, 0.717) is 19.0 Å². The molecule has 0 spiro atoms. The lowest BCUT2D eigenvalue weighted by molar-refractivity contribution is -0.132. The first-order valence-corrected chi connectivity index (χ1v) is 13.4. The van der Waals surface area contributed by atoms with Crippen molar-refractivity contribution in [3.8, 4) is 0 Å². The summed E-state index contributed by atoms with van der Waals surface area (Å²) in [6, 6.07) is 11.5. The van der Waals surface area contributed by atoms with Gasteiger partial charge in [-0.1, -0.05) is 37.5 Å². The zero-order valence-corrected chi connectivity index (χ0v) is 20.7. The molecule has 7 heteroatoms. The number of nitrogens with one attached hydrogen (secondary N) is 1. The predicted octanol–water partition coefficient (Wildman–Crippen LogP) is 2.32. The Hall–Kier alpha value is -2.12. The molecule has 1 aromatic rings. The molecular formula is C27H41N5O2. The molecule has 7 nitrogen and oxygen atoms in total. The molecule has 0 bridgehead atoms. The Kier molecular flexibility index (Phi) is 7.40. The van der Waals surface area contributed by atoms with Gasteiger partial charge >= 0.3 is 0 Å². The standard InChI is InChI=1S/C27H41N5O2/c1-29-23(12-13-25(33)31-18-16-30(17-19-31)21-8-4-2-5-9-21)20-28-27(34)26-24(29)14-15-32(26)22-10-6-3-7-11-22/h2,4-5,8-9,22-24,26H,3,6-7,10-20H2,1H3,(H,28,34)/t23-,24-,26-/m0/s1. The summed E-state index contributed by atoms with van der Waals surface area (Å²) < 4.78 is 0. The number of hydrogen-bond acceptors (Lipinski definition) is 5. The number of hydrogen-bond donors (Lipinski definition) is 1. The van der Waals surface area contributed by atoms with Gasteiger partial charge in [-0.3, -0.25) is 19.4 Å². The Bertz CT molecular complexity index is 835. The van der Waals surface area contributed by atoms with Crippen molar-refractivity contribution in [3.63, 3.8) is 0 Å². The van der Waals surface area contributed by atoms with Gasteiger partial charge in [-0.25, -0.2) is 0 Å². The average molecular weight is 468 g/mol. The summed E-state index contributed by atoms with van der Waals surface area (Å²) in [5, 5.41) is 3.24. The molecule has 1 N–H and O–H groups in total. The van der Waals surface area contributed by atoms with Gasteiger partial charge in [-0.2, -0.15) is 0 Å². The minimum absolute atomic E-state index is 0.0279. The first-order valence-electron chi connectivity index (χ1n) is 13.4. The Labute approximate surface area is 204 Å². The van der Waals surface area contributed by atoms with E-state index in [2.05, 4.69) is 51.3 Å². The third-order valence-electron chi connectivity index (χ3n) is 8.77. The molecule has 3 saturated heterocycles. The van der Waals surface area contributed by atoms with E-state index in [4.69, 9.17) is 0 Å². The Morgan fingerprint density at radius 3 is 2.44 bits per heavy atom. The first kappa shape index (κ1) is 23.6. The second kappa shape index (κ2) is 10.6. The van der Waals surface area contributed by atoms with Crippen molar-refractivity contribution in [2.24, 2.45) is 0 Å². The van der Waals surface area contributed by atoms with Crippen LogP contribution in [0.1, 0.15) is 51.4 Å². The van der Waals surface area contributed by atoms with Crippen LogP contribution in [0.3, 0.4) is 0 Å². The summed E-state index contributed by atoms with van der Waals surface area (Å²) in [5.41, 5.74) is 1.24. The zero-order valence-electron chi connectivity index (χ0n) is 20.7. The molecule has 3 aliphatic heterocycles. The van der Waals surface area contributed by atoms with Crippen molar-refractivity contribution >= 4 is 17.5 Å². The molecule has 34 heavy (non-hydrogen) atoms. The van der Waals surface area contributed by atoms with Gasteiger partial charge in [-0.15, -0.1) is 0 Å². The number of piperazine rings is 1. The first-order chi connectivity index (χ1) is 16.6. The average Bonchev–Trinajstić information content (AvgIpc) is 3.30. The number of rotatable bonds is 5. The number of para-hydroxylation sites is 1. The summed E-state index contributed by atoms with van der Waals surface area (Å²) in [5.74, 6) is 0.453. The molecule has 4 fully saturated rings. The topological polar surface area (TPSA) is 59.1 Å². The Morgan fingerprint density at radius 2 is 1.71 bits per heavy atom. The highest BCUT2D eigenvalue weighted by molar-refractivity contribution is 5.83. The van der Waals surface area contributed by atoms with Gasteiger partial charge in [0.2, 0.25) is 11.8 Å². The smallest absolute Gasteiger partial charge is 0.239 e. The molecule has 1 aliphatic carbocycles. The molecule has 3 atom stereocenters. The van der Waals surface area contributed by atoms with Crippen molar-refractivity contribution < 1.29 is 9.59 Å². The van der Waals surface area contributed by atoms with Crippen LogP contribution in [0.15, 0.2) is 30.3 Å². The molecule has 1 saturated carbocycles. The van der Waals surface area contributed by atoms with Crippen LogP contribution >= 0.6 is 0 Å². The van der Waals surface area contributed by atoms with E-state index in [1.807, 2.05) is 11.0 Å². The van der Waals surface area contributed by atoms with E-state index < -0.39 is 0 Å². The maximum absolute atomic E-state index is 13.1. The molecule has 0 unspecified atom stereocenters. The maximum Gasteiger partial charge on any atom is 0.239 e. The lowest BCUT2D eigenvalue weighted by Crippen LogP contribution is -2.53. The van der Waals surface area contributed by atoms with Crippen molar-refractivity contribution in [1.82, 2.24) is 20.0 Å². The van der Waals surface area contributed by atoms with Crippen molar-refractivity contribution in [2.45, 2.75) is 75.5 Å². The second-order valence-electron chi connectivity index (χ2n) is 10.6. The van der Waals surface area contributed by atoms with Gasteiger partial charge in [0.05, 0.1) is 0 Å². The van der Waals surface area contributed by atoms with E-state index in [9.17, 15) is 9.59 Å². The second-order valence-corrected chi connectivity index (χ2v) is 10.6. The molecule has 0 aromatic heterocycles. The van der Waals surface area contributed by atoms with Crippen LogP contribution in [-0.4, -0.2) is 97.0 Å². The molecule has 2 amide bonds. The molecule has 4 aliphatic rings. The number of carbonyl (C=O) groups is 2. The van der Waals surface area contributed by atoms with Gasteiger partial charge in [0.15, 0.2) is 0 Å². The highest BCUT2D eigenvalue weighted by Crippen LogP contribution is 2.33. The molecule has 5 rings (SSSR count). The predicted molar refractivity (Wildman–Crippen MR) is 135 cm³/mol. The fourth-order valence-electron chi connectivity index (χ4n) is 6.72. The van der Waals surface area contributed by atoms with E-state index in [0.717, 1.165) is 45.6 Å². The van der Waals surface area contributed by atoms with Gasteiger partial charge in [0, 0.05) is 69.5 Å². The highest BCUT2D eigenvalue weighted by Gasteiger charge is 2.47. The number of fused-ring (bicyclic) bond motifs is 1. The quantitative estimate of drug-likeness (QED) is 0.720. The monoisotopic (exact) mass is 467 g/mol. The van der Waals surface area contributed by atoms with Crippen molar-refractivity contribution in [1.29, 1.82) is 0 Å². The summed E-state index contributed by atoms with van der Waals surface area (Å²) in [4.78, 5) is 35.4. The Balaban J connectivity index is 1.13. The fraction of sp³-hybridized carbons (Fsp3) is 0.704. The lowest BCUT2D eigenvalue weighted by Gasteiger charge is -2.38. The van der Waals surface area contributed by atoms with Crippen LogP contribution in [0, 0.1) is 0 Å². The fourth-order valence-corrected chi connectivity index (χ4v) is 6.72. The number of benzene rings is 1. The van der Waals surface area contributed by atoms with Gasteiger partial charge in [-0.05, 0) is 44.9 Å². The third-order valence-corrected chi connectivity index (χ3v) is 8.77. The van der Waals surface area contributed by atoms with Crippen LogP contribution in [0.5, 0.6) is 0 Å². The SMILES string of the molecule is CN1[C@@H](CCC(=O)N2CCN(c3ccccc3)CC2)CNC(=O)[C@@H]2[C@@H]1CCN2C1CCCCC1. The van der Waals surface area contributed by atoms with Crippen LogP contribution in [-0.2, 0) is 9.59 Å². The van der Waals surface area contributed by atoms with Gasteiger partial charge < -0.3 is 15.1 Å². The van der Waals surface area contributed by atoms with Crippen molar-refractivity contribution in [2.75, 3.05) is 51.2 Å². The van der Waals surface area contributed by atoms with Crippen LogP contribution in [0.25, 0.3) is 0 Å². The van der Waals surface area contributed by atoms with Gasteiger partial charge in [0.1, 0.15) is 6.04 Å². The van der Waals surface area contributed by atoms with Crippen LogP contribution < -0.4 is 10.2 Å². The van der Waals surface area contributed by atoms with Gasteiger partial charge in [0.25, 0.3) is 0 Å². The number of carbonyl (C=O) groups excluding carboxylic acids is 2. The highest BCUT2D eigenvalue weighted by atomic mass is 16.2. The largest absolute Gasteiger partial charge is 0.368 e. The van der Waals surface area contributed by atoms with Crippen molar-refractivity contribution in [3.05, 3.63) is 30.3 Å². The minimum atomic E-state index is -0.0279. The molecule has 1 aromatic carbocycles. The van der Waals surface area contributed by atoms with Crippen LogP contribution in [0.4, 0.5) is 5.69 Å². The van der Waals surface area contributed by atoms with E-state index >= 15 is 0 Å². The van der Waals surface area contributed by atoms with E-state index in [-0.39, 0.29) is 29.9 Å². The summed E-state index contributed by atoms with van der Waals surface area (Å²) in [6.45, 7) is 5.01. The number of anilines is 1. The number of amides is 2. The minimum Gasteiger partial charge on any atom is -0.368 e. The molecule has 0 radical (unpaired) electrons. The number of likely N-dealkylation sites (N-methyl/N-ethyl adjacent to an activating group) is 1. The van der Waals surface area contributed by atoms with Crippen LogP contribution in [0.2, 0.25) is 0 Å². The molecular weight excluding hydrogens is 426 g/mol. The summed E-state index contributed by atoms with van der Waals surface area (Å²) in [6.07, 6.45) is 8.80. The number of likely N-dealkylation sites (tertiary alicyclic amines) is 1. The normalized spacial score (nSPS) is 29.6. The summed E-state index contributed by atoms with van der Waals surface area (Å²) >= 11 is 0.